The van der Waals surface area contributed by atoms with E-state index in [0.29, 0.717) is 0 Å². The minimum absolute atomic E-state index is 0.927. The van der Waals surface area contributed by atoms with Crippen molar-refractivity contribution in [2.75, 3.05) is 58.9 Å². The molecular formula is C17H37N5. The summed E-state index contributed by atoms with van der Waals surface area (Å²) in [6.45, 7) is 16.6. The van der Waals surface area contributed by atoms with Gasteiger partial charge >= 0.3 is 0 Å². The van der Waals surface area contributed by atoms with E-state index in [1.165, 1.54) is 58.4 Å². The first-order valence-corrected chi connectivity index (χ1v) is 9.27. The molecule has 22 heavy (non-hydrogen) atoms. The van der Waals surface area contributed by atoms with E-state index in [-0.39, 0.29) is 0 Å². The summed E-state index contributed by atoms with van der Waals surface area (Å²) in [5.74, 6) is 0.978. The number of hydrogen-bond donors (Lipinski definition) is 2. The van der Waals surface area contributed by atoms with Crippen LogP contribution >= 0.6 is 0 Å². The van der Waals surface area contributed by atoms with Crippen molar-refractivity contribution in [1.29, 1.82) is 0 Å². The Labute approximate surface area is 137 Å². The molecule has 0 radical (unpaired) electrons. The van der Waals surface area contributed by atoms with Gasteiger partial charge in [-0.05, 0) is 19.9 Å². The van der Waals surface area contributed by atoms with Crippen molar-refractivity contribution in [3.63, 3.8) is 0 Å². The highest BCUT2D eigenvalue weighted by Crippen LogP contribution is 2.00. The van der Waals surface area contributed by atoms with Gasteiger partial charge in [0, 0.05) is 52.4 Å². The van der Waals surface area contributed by atoms with E-state index in [2.05, 4.69) is 46.2 Å². The fourth-order valence-electron chi connectivity index (χ4n) is 2.73. The number of hydrogen-bond acceptors (Lipinski definition) is 3. The Morgan fingerprint density at radius 1 is 0.909 bits per heavy atom. The van der Waals surface area contributed by atoms with E-state index in [4.69, 9.17) is 0 Å². The van der Waals surface area contributed by atoms with Gasteiger partial charge in [-0.25, -0.2) is 0 Å². The lowest BCUT2D eigenvalue weighted by molar-refractivity contribution is 0.139. The topological polar surface area (TPSA) is 42.9 Å². The van der Waals surface area contributed by atoms with E-state index in [0.717, 1.165) is 32.1 Å². The molecule has 1 aliphatic heterocycles. The fraction of sp³-hybridized carbons (Fsp3) is 0.941. The number of nitrogens with one attached hydrogen (secondary N) is 2. The third-order valence-electron chi connectivity index (χ3n) is 4.26. The molecule has 2 N–H and O–H groups in total. The largest absolute Gasteiger partial charge is 0.357 e. The van der Waals surface area contributed by atoms with Crippen LogP contribution in [0.2, 0.25) is 0 Å². The van der Waals surface area contributed by atoms with Gasteiger partial charge < -0.3 is 15.5 Å². The predicted octanol–water partition coefficient (Wildman–Crippen LogP) is 1.76. The maximum Gasteiger partial charge on any atom is 0.191 e. The number of nitrogens with zero attached hydrogens (tertiary/aromatic N) is 3. The summed E-state index contributed by atoms with van der Waals surface area (Å²) in [6, 6.07) is 0. The van der Waals surface area contributed by atoms with Gasteiger partial charge in [-0.2, -0.15) is 0 Å². The smallest absolute Gasteiger partial charge is 0.191 e. The fourth-order valence-corrected chi connectivity index (χ4v) is 2.73. The monoisotopic (exact) mass is 311 g/mol. The van der Waals surface area contributed by atoms with E-state index >= 15 is 0 Å². The summed E-state index contributed by atoms with van der Waals surface area (Å²) in [5, 5.41) is 6.81. The van der Waals surface area contributed by atoms with Crippen LogP contribution in [0.1, 0.15) is 46.5 Å². The van der Waals surface area contributed by atoms with Crippen LogP contribution < -0.4 is 10.6 Å². The molecule has 1 saturated heterocycles. The Hall–Kier alpha value is -0.810. The third-order valence-corrected chi connectivity index (χ3v) is 4.26. The van der Waals surface area contributed by atoms with Crippen molar-refractivity contribution in [3.05, 3.63) is 0 Å². The van der Waals surface area contributed by atoms with Crippen LogP contribution in [-0.4, -0.2) is 74.7 Å². The molecule has 1 aliphatic rings. The van der Waals surface area contributed by atoms with Crippen molar-refractivity contribution >= 4 is 5.96 Å². The lowest BCUT2D eigenvalue weighted by Gasteiger charge is -2.34. The molecule has 5 nitrogen and oxygen atoms in total. The minimum Gasteiger partial charge on any atom is -0.357 e. The normalized spacial score (nSPS) is 17.7. The van der Waals surface area contributed by atoms with E-state index in [1.54, 1.807) is 0 Å². The van der Waals surface area contributed by atoms with Gasteiger partial charge in [-0.1, -0.05) is 33.1 Å². The van der Waals surface area contributed by atoms with Gasteiger partial charge in [0.05, 0.1) is 0 Å². The molecule has 0 bridgehead atoms. The Bertz CT molecular complexity index is 285. The van der Waals surface area contributed by atoms with Gasteiger partial charge in [0.1, 0.15) is 0 Å². The second-order valence-electron chi connectivity index (χ2n) is 6.02. The molecule has 0 atom stereocenters. The van der Waals surface area contributed by atoms with Crippen LogP contribution in [0, 0.1) is 0 Å². The molecule has 0 aromatic carbocycles. The first-order valence-electron chi connectivity index (χ1n) is 9.27. The number of unbranched alkanes of at least 4 members (excludes halogenated alkanes) is 3. The van der Waals surface area contributed by atoms with Gasteiger partial charge in [0.25, 0.3) is 0 Å². The van der Waals surface area contributed by atoms with Crippen molar-refractivity contribution in [2.45, 2.75) is 46.5 Å². The Balaban J connectivity index is 2.16. The molecule has 5 heteroatoms. The minimum atomic E-state index is 0.927. The second-order valence-corrected chi connectivity index (χ2v) is 6.02. The number of likely N-dealkylation sites (N-methyl/N-ethyl adjacent to an activating group) is 1. The molecule has 1 heterocycles. The molecule has 0 aliphatic carbocycles. The van der Waals surface area contributed by atoms with E-state index in [1.807, 2.05) is 0 Å². The maximum absolute atomic E-state index is 4.66. The lowest BCUT2D eigenvalue weighted by Crippen LogP contribution is -2.49. The highest BCUT2D eigenvalue weighted by molar-refractivity contribution is 5.79. The van der Waals surface area contributed by atoms with Crippen LogP contribution in [0.4, 0.5) is 0 Å². The standard InChI is InChI=1S/C17H37N5/c1-4-7-8-9-10-19-17(18-5-2)20-11-12-22-15-13-21(6-3)14-16-22/h4-16H2,1-3H3,(H2,18,19,20). The van der Waals surface area contributed by atoms with Gasteiger partial charge in [-0.3, -0.25) is 9.89 Å². The molecule has 0 amide bonds. The third kappa shape index (κ3) is 8.59. The van der Waals surface area contributed by atoms with Gasteiger partial charge in [-0.15, -0.1) is 0 Å². The highest BCUT2D eigenvalue weighted by Gasteiger charge is 2.14. The van der Waals surface area contributed by atoms with Gasteiger partial charge in [0.15, 0.2) is 5.96 Å². The summed E-state index contributed by atoms with van der Waals surface area (Å²) in [4.78, 5) is 9.73. The molecule has 0 aromatic rings. The van der Waals surface area contributed by atoms with E-state index in [9.17, 15) is 0 Å². The summed E-state index contributed by atoms with van der Waals surface area (Å²) >= 11 is 0. The zero-order chi connectivity index (χ0) is 16.0. The summed E-state index contributed by atoms with van der Waals surface area (Å²) < 4.78 is 0. The molecule has 0 saturated carbocycles. The zero-order valence-electron chi connectivity index (χ0n) is 15.0. The predicted molar refractivity (Wildman–Crippen MR) is 96.7 cm³/mol. The molecule has 0 unspecified atom stereocenters. The average molecular weight is 312 g/mol. The molecule has 1 rings (SSSR count). The van der Waals surface area contributed by atoms with Crippen molar-refractivity contribution in [3.8, 4) is 0 Å². The van der Waals surface area contributed by atoms with Crippen molar-refractivity contribution in [2.24, 2.45) is 4.99 Å². The van der Waals surface area contributed by atoms with Crippen LogP contribution in [0.5, 0.6) is 0 Å². The summed E-state index contributed by atoms with van der Waals surface area (Å²) in [6.07, 6.45) is 5.10. The molecule has 1 fully saturated rings. The maximum atomic E-state index is 4.66. The van der Waals surface area contributed by atoms with Crippen LogP contribution in [0.3, 0.4) is 0 Å². The van der Waals surface area contributed by atoms with Crippen LogP contribution in [0.25, 0.3) is 0 Å². The Kier molecular flexibility index (Phi) is 11.1. The van der Waals surface area contributed by atoms with Crippen LogP contribution in [0.15, 0.2) is 4.99 Å². The second kappa shape index (κ2) is 12.7. The average Bonchev–Trinajstić information content (AvgIpc) is 2.55. The lowest BCUT2D eigenvalue weighted by atomic mass is 10.2. The van der Waals surface area contributed by atoms with Gasteiger partial charge in [0.2, 0.25) is 0 Å². The number of aliphatic imine (C=N–C) groups is 1. The SMILES string of the molecule is CCCCCCN=C(NCC)NCCN1CCN(CC)CC1. The quantitative estimate of drug-likeness (QED) is 0.366. The number of piperazine rings is 1. The Morgan fingerprint density at radius 2 is 1.64 bits per heavy atom. The summed E-state index contributed by atoms with van der Waals surface area (Å²) in [5.41, 5.74) is 0. The number of guanidine groups is 1. The zero-order valence-corrected chi connectivity index (χ0v) is 15.0. The Morgan fingerprint density at radius 3 is 2.27 bits per heavy atom. The van der Waals surface area contributed by atoms with E-state index < -0.39 is 0 Å². The highest BCUT2D eigenvalue weighted by atomic mass is 15.3. The molecule has 0 aromatic heterocycles. The van der Waals surface area contributed by atoms with Crippen LogP contribution in [-0.2, 0) is 0 Å². The molecule has 0 spiro atoms. The first-order chi connectivity index (χ1) is 10.8. The molecule has 130 valence electrons. The first kappa shape index (κ1) is 19.2. The van der Waals surface area contributed by atoms with Crippen molar-refractivity contribution < 1.29 is 0 Å². The number of rotatable bonds is 10. The summed E-state index contributed by atoms with van der Waals surface area (Å²) in [7, 11) is 0. The molecular weight excluding hydrogens is 274 g/mol. The van der Waals surface area contributed by atoms with Crippen molar-refractivity contribution in [1.82, 2.24) is 20.4 Å².